The lowest BCUT2D eigenvalue weighted by Crippen LogP contribution is -1.95. The Morgan fingerprint density at radius 2 is 2.24 bits per heavy atom. The zero-order chi connectivity index (χ0) is 12.4. The van der Waals surface area contributed by atoms with Crippen LogP contribution in [0.1, 0.15) is 5.89 Å². The number of hydrogen-bond donors (Lipinski definition) is 1. The van der Waals surface area contributed by atoms with Crippen LogP contribution in [0.2, 0.25) is 0 Å². The quantitative estimate of drug-likeness (QED) is 0.643. The zero-order valence-electron chi connectivity index (χ0n) is 8.65. The van der Waals surface area contributed by atoms with Crippen LogP contribution in [-0.4, -0.2) is 20.1 Å². The Kier molecular flexibility index (Phi) is 2.91. The van der Waals surface area contributed by atoms with Gasteiger partial charge >= 0.3 is 0 Å². The summed E-state index contributed by atoms with van der Waals surface area (Å²) in [4.78, 5) is 14.0. The molecular formula is C8H7N5O3S. The highest BCUT2D eigenvalue weighted by Gasteiger charge is 2.13. The Morgan fingerprint density at radius 3 is 2.82 bits per heavy atom. The lowest BCUT2D eigenvalue weighted by Gasteiger charge is -1.98. The van der Waals surface area contributed by atoms with E-state index in [4.69, 9.17) is 10.2 Å². The van der Waals surface area contributed by atoms with Crippen molar-refractivity contribution >= 4 is 23.3 Å². The second kappa shape index (κ2) is 4.37. The van der Waals surface area contributed by atoms with Crippen LogP contribution in [0.5, 0.6) is 0 Å². The SMILES string of the molecule is Cc1nnc(Sc2cc([N+](=O)[O-])cc(N)n2)o1. The number of aromatic nitrogens is 3. The second-order valence-electron chi connectivity index (χ2n) is 3.03. The summed E-state index contributed by atoms with van der Waals surface area (Å²) in [5, 5.41) is 18.6. The number of nitro groups is 1. The van der Waals surface area contributed by atoms with E-state index >= 15 is 0 Å². The van der Waals surface area contributed by atoms with E-state index in [1.807, 2.05) is 0 Å². The predicted molar refractivity (Wildman–Crippen MR) is 58.5 cm³/mol. The van der Waals surface area contributed by atoms with Crippen LogP contribution in [0.15, 0.2) is 26.8 Å². The van der Waals surface area contributed by atoms with Crippen LogP contribution in [0.25, 0.3) is 0 Å². The highest BCUT2D eigenvalue weighted by Crippen LogP contribution is 2.28. The summed E-state index contributed by atoms with van der Waals surface area (Å²) in [6, 6.07) is 2.48. The molecule has 0 aliphatic rings. The highest BCUT2D eigenvalue weighted by molar-refractivity contribution is 7.99. The van der Waals surface area contributed by atoms with Crippen molar-refractivity contribution in [3.8, 4) is 0 Å². The first-order valence-corrected chi connectivity index (χ1v) is 5.26. The summed E-state index contributed by atoms with van der Waals surface area (Å²) in [6.45, 7) is 1.65. The van der Waals surface area contributed by atoms with Gasteiger partial charge in [-0.05, 0) is 11.8 Å². The molecule has 0 atom stereocenters. The number of anilines is 1. The maximum Gasteiger partial charge on any atom is 0.282 e. The van der Waals surface area contributed by atoms with Crippen molar-refractivity contribution in [3.63, 3.8) is 0 Å². The van der Waals surface area contributed by atoms with Gasteiger partial charge in [0.25, 0.3) is 10.9 Å². The number of aryl methyl sites for hydroxylation is 1. The molecule has 0 bridgehead atoms. The van der Waals surface area contributed by atoms with Gasteiger partial charge in [0.1, 0.15) is 10.8 Å². The van der Waals surface area contributed by atoms with Gasteiger partial charge in [-0.1, -0.05) is 0 Å². The van der Waals surface area contributed by atoms with Gasteiger partial charge in [-0.3, -0.25) is 10.1 Å². The molecule has 2 aromatic heterocycles. The van der Waals surface area contributed by atoms with Gasteiger partial charge in [-0.25, -0.2) is 4.98 Å². The average Bonchev–Trinajstić information content (AvgIpc) is 2.63. The third kappa shape index (κ3) is 2.69. The molecule has 0 aliphatic heterocycles. The molecule has 0 spiro atoms. The molecule has 2 rings (SSSR count). The number of rotatable bonds is 3. The van der Waals surface area contributed by atoms with Gasteiger partial charge in [0.15, 0.2) is 0 Å². The lowest BCUT2D eigenvalue weighted by atomic mass is 10.4. The Morgan fingerprint density at radius 1 is 1.47 bits per heavy atom. The van der Waals surface area contributed by atoms with E-state index in [9.17, 15) is 10.1 Å². The zero-order valence-corrected chi connectivity index (χ0v) is 9.47. The van der Waals surface area contributed by atoms with E-state index in [1.54, 1.807) is 6.92 Å². The number of nitrogens with zero attached hydrogens (tertiary/aromatic N) is 4. The fourth-order valence-corrected chi connectivity index (χ4v) is 1.83. The Hall–Kier alpha value is -2.16. The normalized spacial score (nSPS) is 10.4. The molecule has 88 valence electrons. The minimum absolute atomic E-state index is 0.0675. The Bertz CT molecular complexity index is 570. The molecule has 0 aromatic carbocycles. The van der Waals surface area contributed by atoms with Crippen molar-refractivity contribution in [1.29, 1.82) is 0 Å². The number of nitrogen functional groups attached to an aromatic ring is 1. The smallest absolute Gasteiger partial charge is 0.282 e. The third-order valence-electron chi connectivity index (χ3n) is 1.72. The topological polar surface area (TPSA) is 121 Å². The van der Waals surface area contributed by atoms with Crippen LogP contribution in [0.3, 0.4) is 0 Å². The van der Waals surface area contributed by atoms with E-state index in [2.05, 4.69) is 15.2 Å². The first-order chi connectivity index (χ1) is 8.04. The molecule has 2 aromatic rings. The van der Waals surface area contributed by atoms with Gasteiger partial charge in [-0.15, -0.1) is 10.2 Å². The minimum atomic E-state index is -0.541. The number of pyridine rings is 1. The Balaban J connectivity index is 2.29. The first-order valence-electron chi connectivity index (χ1n) is 4.44. The van der Waals surface area contributed by atoms with Crippen molar-refractivity contribution in [2.24, 2.45) is 0 Å². The molecule has 0 unspecified atom stereocenters. The van der Waals surface area contributed by atoms with Gasteiger partial charge in [0.05, 0.1) is 11.0 Å². The van der Waals surface area contributed by atoms with Crippen molar-refractivity contribution in [1.82, 2.24) is 15.2 Å². The molecule has 2 N–H and O–H groups in total. The fraction of sp³-hybridized carbons (Fsp3) is 0.125. The molecule has 0 saturated heterocycles. The Labute approximate surface area is 99.4 Å². The van der Waals surface area contributed by atoms with Crippen molar-refractivity contribution in [3.05, 3.63) is 28.1 Å². The maximum atomic E-state index is 10.6. The van der Waals surface area contributed by atoms with E-state index in [0.717, 1.165) is 11.8 Å². The molecule has 0 aliphatic carbocycles. The van der Waals surface area contributed by atoms with Gasteiger partial charge in [-0.2, -0.15) is 0 Å². The molecule has 0 saturated carbocycles. The molecule has 0 radical (unpaired) electrons. The third-order valence-corrected chi connectivity index (χ3v) is 2.47. The van der Waals surface area contributed by atoms with E-state index < -0.39 is 4.92 Å². The molecular weight excluding hydrogens is 246 g/mol. The van der Waals surface area contributed by atoms with Crippen LogP contribution >= 0.6 is 11.8 Å². The summed E-state index contributed by atoms with van der Waals surface area (Å²) < 4.78 is 5.12. The number of hydrogen-bond acceptors (Lipinski definition) is 8. The van der Waals surface area contributed by atoms with Crippen molar-refractivity contribution in [2.75, 3.05) is 5.73 Å². The minimum Gasteiger partial charge on any atom is -0.416 e. The molecule has 0 amide bonds. The van der Waals surface area contributed by atoms with E-state index in [1.165, 1.54) is 12.1 Å². The average molecular weight is 253 g/mol. The molecule has 8 nitrogen and oxygen atoms in total. The maximum absolute atomic E-state index is 10.6. The first kappa shape index (κ1) is 11.3. The van der Waals surface area contributed by atoms with Gasteiger partial charge in [0.2, 0.25) is 5.89 Å². The van der Waals surface area contributed by atoms with Crippen molar-refractivity contribution < 1.29 is 9.34 Å². The monoisotopic (exact) mass is 253 g/mol. The van der Waals surface area contributed by atoms with Crippen molar-refractivity contribution in [2.45, 2.75) is 17.2 Å². The summed E-state index contributed by atoms with van der Waals surface area (Å²) in [5.74, 6) is 0.476. The van der Waals surface area contributed by atoms with Gasteiger partial charge in [0, 0.05) is 13.0 Å². The summed E-state index contributed by atoms with van der Waals surface area (Å²) in [7, 11) is 0. The van der Waals surface area contributed by atoms with Crippen LogP contribution in [0, 0.1) is 17.0 Å². The van der Waals surface area contributed by atoms with Crippen LogP contribution < -0.4 is 5.73 Å². The van der Waals surface area contributed by atoms with Crippen LogP contribution in [-0.2, 0) is 0 Å². The molecule has 0 fully saturated rings. The number of nitrogens with two attached hydrogens (primary N) is 1. The largest absolute Gasteiger partial charge is 0.416 e. The lowest BCUT2D eigenvalue weighted by molar-refractivity contribution is -0.385. The van der Waals surface area contributed by atoms with Gasteiger partial charge < -0.3 is 10.2 Å². The van der Waals surface area contributed by atoms with E-state index in [-0.39, 0.29) is 16.7 Å². The van der Waals surface area contributed by atoms with E-state index in [0.29, 0.717) is 10.9 Å². The standard InChI is InChI=1S/C8H7N5O3S/c1-4-11-12-8(16-4)17-7-3-5(13(14)15)2-6(9)10-7/h2-3H,1H3,(H2,9,10). The summed E-state index contributed by atoms with van der Waals surface area (Å²) in [6.07, 6.45) is 0. The summed E-state index contributed by atoms with van der Waals surface area (Å²) in [5.41, 5.74) is 5.33. The second-order valence-corrected chi connectivity index (χ2v) is 4.01. The van der Waals surface area contributed by atoms with Crippen LogP contribution in [0.4, 0.5) is 11.5 Å². The highest BCUT2D eigenvalue weighted by atomic mass is 32.2. The molecule has 9 heteroatoms. The molecule has 2 heterocycles. The fourth-order valence-electron chi connectivity index (χ4n) is 1.08. The summed E-state index contributed by atoms with van der Waals surface area (Å²) >= 11 is 1.02. The predicted octanol–water partition coefficient (Wildman–Crippen LogP) is 1.41. The molecule has 17 heavy (non-hydrogen) atoms.